The molecule has 3 heteroatoms. The Morgan fingerprint density at radius 1 is 0.971 bits per heavy atom. The first-order chi connectivity index (χ1) is 15.9. The number of hydrogen-bond donors (Lipinski definition) is 1. The van der Waals surface area contributed by atoms with Gasteiger partial charge in [-0.05, 0) is 109 Å². The average molecular weight is 471 g/mol. The predicted octanol–water partition coefficient (Wildman–Crippen LogP) is 7.18. The monoisotopic (exact) mass is 470 g/mol. The van der Waals surface area contributed by atoms with Crippen LogP contribution in [0.2, 0.25) is 0 Å². The van der Waals surface area contributed by atoms with Gasteiger partial charge < -0.3 is 9.84 Å². The molecular weight excluding hydrogens is 420 g/mol. The minimum absolute atomic E-state index is 0.000426. The van der Waals surface area contributed by atoms with E-state index in [0.29, 0.717) is 47.6 Å². The minimum atomic E-state index is -0.169. The van der Waals surface area contributed by atoms with Crippen LogP contribution in [-0.4, -0.2) is 24.3 Å². The Hall–Kier alpha value is -0.830. The molecular formula is C31H50O3. The maximum Gasteiger partial charge on any atom is 0.293 e. The van der Waals surface area contributed by atoms with Gasteiger partial charge in [-0.1, -0.05) is 60.1 Å². The van der Waals surface area contributed by atoms with E-state index in [0.717, 1.165) is 18.8 Å². The van der Waals surface area contributed by atoms with Crippen LogP contribution in [0.15, 0.2) is 11.6 Å². The molecule has 0 aromatic carbocycles. The second kappa shape index (κ2) is 7.83. The van der Waals surface area contributed by atoms with Crippen LogP contribution in [0.5, 0.6) is 0 Å². The van der Waals surface area contributed by atoms with Crippen LogP contribution < -0.4 is 0 Å². The van der Waals surface area contributed by atoms with E-state index in [2.05, 4.69) is 54.5 Å². The number of ether oxygens (including phenoxy) is 1. The molecule has 0 amide bonds. The van der Waals surface area contributed by atoms with Crippen molar-refractivity contribution in [3.05, 3.63) is 11.6 Å². The zero-order chi connectivity index (χ0) is 24.7. The number of allylic oxidation sites excluding steroid dienone is 2. The summed E-state index contributed by atoms with van der Waals surface area (Å²) < 4.78 is 5.55. The van der Waals surface area contributed by atoms with Crippen LogP contribution in [-0.2, 0) is 9.53 Å². The smallest absolute Gasteiger partial charge is 0.293 e. The van der Waals surface area contributed by atoms with E-state index >= 15 is 0 Å². The summed E-state index contributed by atoms with van der Waals surface area (Å²) in [5, 5.41) is 10.9. The van der Waals surface area contributed by atoms with Crippen LogP contribution >= 0.6 is 0 Å². The standard InChI is InChI=1S/C31H50O3/c1-20-10-15-31(18-34-19-32)17-16-29(6)22(26(31)21(20)2)8-9-24-28(5)13-12-25(33)27(3,4)23(28)11-14-30(24,29)7/h8,19-21,23-26,33H,9-18H2,1-7H3/t20-,21+,23+,24-,25+,26+,28+,29-,30-,31-/m1/s1. The predicted molar refractivity (Wildman–Crippen MR) is 137 cm³/mol. The van der Waals surface area contributed by atoms with Gasteiger partial charge in [0.2, 0.25) is 0 Å². The highest BCUT2D eigenvalue weighted by molar-refractivity contribution is 5.38. The molecule has 0 aromatic heterocycles. The number of rotatable bonds is 3. The van der Waals surface area contributed by atoms with E-state index in [4.69, 9.17) is 4.74 Å². The quantitative estimate of drug-likeness (QED) is 0.351. The van der Waals surface area contributed by atoms with Gasteiger partial charge in [-0.2, -0.15) is 0 Å². The fourth-order valence-corrected chi connectivity index (χ4v) is 11.1. The largest absolute Gasteiger partial charge is 0.467 e. The zero-order valence-corrected chi connectivity index (χ0v) is 23.0. The summed E-state index contributed by atoms with van der Waals surface area (Å²) >= 11 is 0. The molecule has 4 fully saturated rings. The first-order valence-corrected chi connectivity index (χ1v) is 14.3. The molecule has 5 aliphatic rings. The van der Waals surface area contributed by atoms with Crippen LogP contribution in [0.3, 0.4) is 0 Å². The highest BCUT2D eigenvalue weighted by Gasteiger charge is 2.68. The molecule has 0 unspecified atom stereocenters. The number of carbonyl (C=O) groups excluding carboxylic acids is 1. The SMILES string of the molecule is C[C@H]1[C@H](C)CC[C@]2(COC=O)CC[C@]3(C)C(=CC[C@@H]4[C@@]5(C)CC[C@H](O)C(C)(C)[C@@H]5CC[C@]43C)[C@H]12. The lowest BCUT2D eigenvalue weighted by Gasteiger charge is -2.71. The zero-order valence-electron chi connectivity index (χ0n) is 23.0. The summed E-state index contributed by atoms with van der Waals surface area (Å²) in [7, 11) is 0. The number of fused-ring (bicyclic) bond motifs is 7. The number of hydrogen-bond acceptors (Lipinski definition) is 3. The molecule has 5 rings (SSSR count). The van der Waals surface area contributed by atoms with E-state index in [1.807, 2.05) is 0 Å². The van der Waals surface area contributed by atoms with Gasteiger partial charge in [-0.15, -0.1) is 0 Å². The van der Waals surface area contributed by atoms with Gasteiger partial charge in [-0.25, -0.2) is 0 Å². The Balaban J connectivity index is 1.58. The van der Waals surface area contributed by atoms with Crippen molar-refractivity contribution in [3.8, 4) is 0 Å². The molecule has 5 aliphatic carbocycles. The maximum absolute atomic E-state index is 11.2. The maximum atomic E-state index is 11.2. The summed E-state index contributed by atoms with van der Waals surface area (Å²) in [4.78, 5) is 11.2. The van der Waals surface area contributed by atoms with E-state index in [9.17, 15) is 9.90 Å². The van der Waals surface area contributed by atoms with E-state index in [-0.39, 0.29) is 22.3 Å². The first-order valence-electron chi connectivity index (χ1n) is 14.3. The summed E-state index contributed by atoms with van der Waals surface area (Å²) in [6.45, 7) is 18.7. The Labute approximate surface area is 208 Å². The van der Waals surface area contributed by atoms with Crippen molar-refractivity contribution >= 4 is 6.47 Å². The molecule has 0 aromatic rings. The molecule has 0 bridgehead atoms. The second-order valence-corrected chi connectivity index (χ2v) is 14.8. The van der Waals surface area contributed by atoms with Crippen LogP contribution in [0.4, 0.5) is 0 Å². The molecule has 0 radical (unpaired) electrons. The normalized spacial score (nSPS) is 53.9. The third kappa shape index (κ3) is 3.00. The highest BCUT2D eigenvalue weighted by atomic mass is 16.5. The summed E-state index contributed by atoms with van der Waals surface area (Å²) in [5.74, 6) is 3.15. The average Bonchev–Trinajstić information content (AvgIpc) is 2.78. The molecule has 3 nitrogen and oxygen atoms in total. The van der Waals surface area contributed by atoms with Crippen molar-refractivity contribution in [1.82, 2.24) is 0 Å². The van der Waals surface area contributed by atoms with Crippen LogP contribution in [0.25, 0.3) is 0 Å². The molecule has 1 N–H and O–H groups in total. The van der Waals surface area contributed by atoms with Crippen LogP contribution in [0, 0.1) is 56.7 Å². The third-order valence-corrected chi connectivity index (χ3v) is 13.6. The van der Waals surface area contributed by atoms with Gasteiger partial charge in [0.25, 0.3) is 6.47 Å². The third-order valence-electron chi connectivity index (χ3n) is 13.6. The van der Waals surface area contributed by atoms with Gasteiger partial charge >= 0.3 is 0 Å². The van der Waals surface area contributed by atoms with Crippen molar-refractivity contribution in [3.63, 3.8) is 0 Å². The fourth-order valence-electron chi connectivity index (χ4n) is 11.1. The van der Waals surface area contributed by atoms with Crippen molar-refractivity contribution in [2.45, 2.75) is 112 Å². The molecule has 34 heavy (non-hydrogen) atoms. The fraction of sp³-hybridized carbons (Fsp3) is 0.903. The van der Waals surface area contributed by atoms with E-state index < -0.39 is 0 Å². The summed E-state index contributed by atoms with van der Waals surface area (Å²) in [6.07, 6.45) is 13.2. The first kappa shape index (κ1) is 24.8. The minimum Gasteiger partial charge on any atom is -0.467 e. The Bertz CT molecular complexity index is 861. The van der Waals surface area contributed by atoms with Crippen molar-refractivity contribution in [2.75, 3.05) is 6.61 Å². The van der Waals surface area contributed by atoms with Crippen molar-refractivity contribution < 1.29 is 14.6 Å². The number of carbonyl (C=O) groups is 1. The van der Waals surface area contributed by atoms with Gasteiger partial charge in [-0.3, -0.25) is 4.79 Å². The topological polar surface area (TPSA) is 46.5 Å². The molecule has 4 saturated carbocycles. The van der Waals surface area contributed by atoms with Crippen molar-refractivity contribution in [2.24, 2.45) is 56.7 Å². The Morgan fingerprint density at radius 3 is 2.41 bits per heavy atom. The second-order valence-electron chi connectivity index (χ2n) is 14.8. The molecule has 0 heterocycles. The lowest BCUT2D eigenvalue weighted by molar-refractivity contribution is -0.206. The molecule has 192 valence electrons. The lowest BCUT2D eigenvalue weighted by atomic mass is 9.33. The van der Waals surface area contributed by atoms with Gasteiger partial charge in [0.05, 0.1) is 12.7 Å². The summed E-state index contributed by atoms with van der Waals surface area (Å²) in [6, 6.07) is 0. The van der Waals surface area contributed by atoms with E-state index in [1.165, 1.54) is 44.9 Å². The molecule has 10 atom stereocenters. The highest BCUT2D eigenvalue weighted by Crippen LogP contribution is 2.75. The lowest BCUT2D eigenvalue weighted by Crippen LogP contribution is -2.65. The Morgan fingerprint density at radius 2 is 1.71 bits per heavy atom. The van der Waals surface area contributed by atoms with Gasteiger partial charge in [0.15, 0.2) is 0 Å². The Kier molecular flexibility index (Phi) is 5.72. The molecule has 0 spiro atoms. The summed E-state index contributed by atoms with van der Waals surface area (Å²) in [5.41, 5.74) is 2.65. The van der Waals surface area contributed by atoms with Gasteiger partial charge in [0.1, 0.15) is 0 Å². The number of aliphatic hydroxyl groups excluding tert-OH is 1. The van der Waals surface area contributed by atoms with Crippen molar-refractivity contribution in [1.29, 1.82) is 0 Å². The molecule has 0 saturated heterocycles. The molecule has 0 aliphatic heterocycles. The van der Waals surface area contributed by atoms with E-state index in [1.54, 1.807) is 5.57 Å². The van der Waals surface area contributed by atoms with Crippen LogP contribution in [0.1, 0.15) is 106 Å². The van der Waals surface area contributed by atoms with Gasteiger partial charge in [0, 0.05) is 5.41 Å². The number of aliphatic hydroxyl groups is 1.